The second kappa shape index (κ2) is 12.8. The van der Waals surface area contributed by atoms with Gasteiger partial charge >= 0.3 is 0 Å². The summed E-state index contributed by atoms with van der Waals surface area (Å²) in [5.41, 5.74) is 2.99. The van der Waals surface area contributed by atoms with E-state index >= 15 is 0 Å². The number of fused-ring (bicyclic) bond motifs is 1. The molecule has 1 aliphatic carbocycles. The monoisotopic (exact) mass is 633 g/mol. The molecule has 4 rings (SSSR count). The van der Waals surface area contributed by atoms with Gasteiger partial charge in [0.05, 0.1) is 16.0 Å². The zero-order valence-electron chi connectivity index (χ0n) is 25.7. The average Bonchev–Trinajstić information content (AvgIpc) is 3.24. The van der Waals surface area contributed by atoms with Crippen LogP contribution in [0.2, 0.25) is 21.6 Å². The van der Waals surface area contributed by atoms with Crippen molar-refractivity contribution in [2.75, 3.05) is 0 Å². The summed E-state index contributed by atoms with van der Waals surface area (Å²) in [5.74, 6) is -0.548. The normalized spacial score (nSPS) is 19.1. The molecule has 3 aromatic rings. The van der Waals surface area contributed by atoms with Crippen molar-refractivity contribution in [2.45, 2.75) is 108 Å². The largest absolute Gasteiger partial charge is 0.372 e. The van der Waals surface area contributed by atoms with Crippen LogP contribution in [-0.4, -0.2) is 32.8 Å². The second-order valence-electron chi connectivity index (χ2n) is 12.8. The summed E-state index contributed by atoms with van der Waals surface area (Å²) in [7, 11) is -5.95. The summed E-state index contributed by atoms with van der Waals surface area (Å²) < 4.78 is 45.7. The number of aromatic nitrogens is 1. The molecule has 0 unspecified atom stereocenters. The number of amides is 1. The first kappa shape index (κ1) is 32.7. The predicted octanol–water partition coefficient (Wildman–Crippen LogP) is 8.17. The van der Waals surface area contributed by atoms with Crippen LogP contribution in [0.5, 0.6) is 0 Å². The average molecular weight is 634 g/mol. The van der Waals surface area contributed by atoms with Gasteiger partial charge in [0.1, 0.15) is 5.82 Å². The van der Waals surface area contributed by atoms with Crippen molar-refractivity contribution >= 4 is 46.7 Å². The third kappa shape index (κ3) is 6.35. The van der Waals surface area contributed by atoms with E-state index in [4.69, 9.17) is 11.6 Å². The van der Waals surface area contributed by atoms with Crippen LogP contribution in [0.15, 0.2) is 53.6 Å². The fourth-order valence-electron chi connectivity index (χ4n) is 7.41. The van der Waals surface area contributed by atoms with Gasteiger partial charge in [-0.1, -0.05) is 71.3 Å². The van der Waals surface area contributed by atoms with Crippen LogP contribution in [0.1, 0.15) is 85.8 Å². The summed E-state index contributed by atoms with van der Waals surface area (Å²) in [6, 6.07) is 10.9. The Hall–Kier alpha value is -2.20. The van der Waals surface area contributed by atoms with Crippen molar-refractivity contribution in [1.82, 2.24) is 14.3 Å². The van der Waals surface area contributed by atoms with E-state index in [2.05, 4.69) is 55.8 Å². The minimum Gasteiger partial charge on any atom is -0.372 e. The molecule has 1 aromatic heterocycles. The van der Waals surface area contributed by atoms with Gasteiger partial charge in [-0.05, 0) is 79.1 Å². The maximum Gasteiger partial charge on any atom is 0.240 e. The summed E-state index contributed by atoms with van der Waals surface area (Å²) in [5, 5.41) is 4.54. The van der Waals surface area contributed by atoms with Crippen LogP contribution in [0.25, 0.3) is 10.9 Å². The van der Waals surface area contributed by atoms with E-state index in [0.717, 1.165) is 16.5 Å². The van der Waals surface area contributed by atoms with Crippen LogP contribution < -0.4 is 10.0 Å². The Kier molecular flexibility index (Phi) is 9.97. The first-order valence-corrected chi connectivity index (χ1v) is 19.1. The molecule has 42 heavy (non-hydrogen) atoms. The first-order valence-electron chi connectivity index (χ1n) is 15.1. The van der Waals surface area contributed by atoms with Gasteiger partial charge in [-0.25, -0.2) is 17.5 Å². The van der Waals surface area contributed by atoms with Gasteiger partial charge in [-0.15, -0.1) is 0 Å². The smallest absolute Gasteiger partial charge is 0.240 e. The Morgan fingerprint density at radius 3 is 2.05 bits per heavy atom. The molecule has 0 aliphatic heterocycles. The van der Waals surface area contributed by atoms with Gasteiger partial charge < -0.3 is 9.55 Å². The number of nitrogens with one attached hydrogen (secondary N) is 2. The molecule has 6 nitrogen and oxygen atoms in total. The number of carbonyl (C=O) groups is 1. The van der Waals surface area contributed by atoms with Gasteiger partial charge in [-0.3, -0.25) is 4.79 Å². The van der Waals surface area contributed by atoms with E-state index in [-0.39, 0.29) is 34.6 Å². The van der Waals surface area contributed by atoms with Crippen LogP contribution in [-0.2, 0) is 14.8 Å². The highest BCUT2D eigenvalue weighted by Crippen LogP contribution is 2.45. The highest BCUT2D eigenvalue weighted by atomic mass is 35.5. The van der Waals surface area contributed by atoms with E-state index in [9.17, 15) is 17.6 Å². The lowest BCUT2D eigenvalue weighted by Crippen LogP contribution is -2.51. The Morgan fingerprint density at radius 1 is 0.929 bits per heavy atom. The van der Waals surface area contributed by atoms with Crippen molar-refractivity contribution in [1.29, 1.82) is 0 Å². The number of hydrogen-bond acceptors (Lipinski definition) is 3. The van der Waals surface area contributed by atoms with Gasteiger partial charge in [0.25, 0.3) is 0 Å². The zero-order chi connectivity index (χ0) is 31.0. The van der Waals surface area contributed by atoms with Crippen molar-refractivity contribution in [3.8, 4) is 0 Å². The second-order valence-corrected chi connectivity index (χ2v) is 20.7. The number of nitrogens with zero attached hydrogens (tertiary/aromatic N) is 1. The molecule has 1 atom stereocenters. The molecule has 2 N–H and O–H groups in total. The fraction of sp³-hybridized carbons (Fsp3) is 0.531. The quantitative estimate of drug-likeness (QED) is 0.221. The standard InChI is InChI=1S/C32H45ClFN3O3SSi/c1-20(2)42(21(3)4,22(5)6)37-19-30(33)29-17-16-28(18-31(29)37)41(39,40)36-27-14-10-25(11-15-27)32(38)35-23(7)24-8-12-26(34)13-9-24/h8-9,12-13,16-23,25,27,36H,10-11,14-15H2,1-7H3,(H,35,38)/t23-,25?,27?/m1/s1. The molecule has 0 spiro atoms. The van der Waals surface area contributed by atoms with E-state index in [0.29, 0.717) is 47.3 Å². The Bertz CT molecular complexity index is 1490. The van der Waals surface area contributed by atoms with Crippen molar-refractivity contribution in [3.05, 3.63) is 65.1 Å². The third-order valence-corrected chi connectivity index (χ3v) is 18.0. The van der Waals surface area contributed by atoms with Gasteiger partial charge in [0.2, 0.25) is 15.9 Å². The first-order chi connectivity index (χ1) is 19.7. The van der Waals surface area contributed by atoms with E-state index in [1.807, 2.05) is 19.2 Å². The van der Waals surface area contributed by atoms with Crippen molar-refractivity contribution in [2.24, 2.45) is 5.92 Å². The molecular formula is C32H45ClFN3O3SSi. The maximum absolute atomic E-state index is 13.6. The summed E-state index contributed by atoms with van der Waals surface area (Å²) >= 11 is 6.72. The van der Waals surface area contributed by atoms with E-state index in [1.165, 1.54) is 12.1 Å². The number of carbonyl (C=O) groups excluding carboxylic acids is 1. The van der Waals surface area contributed by atoms with Crippen molar-refractivity contribution in [3.63, 3.8) is 0 Å². The number of rotatable bonds is 10. The molecule has 10 heteroatoms. The molecule has 2 aromatic carbocycles. The molecule has 1 heterocycles. The van der Waals surface area contributed by atoms with Crippen molar-refractivity contribution < 1.29 is 17.6 Å². The fourth-order valence-corrected chi connectivity index (χ4v) is 15.7. The minimum absolute atomic E-state index is 0.0515. The topological polar surface area (TPSA) is 80.2 Å². The molecule has 0 bridgehead atoms. The minimum atomic E-state index is -3.78. The van der Waals surface area contributed by atoms with Crippen LogP contribution in [0.3, 0.4) is 0 Å². The molecule has 1 amide bonds. The molecule has 1 fully saturated rings. The van der Waals surface area contributed by atoms with E-state index < -0.39 is 18.3 Å². The zero-order valence-corrected chi connectivity index (χ0v) is 28.3. The highest BCUT2D eigenvalue weighted by molar-refractivity contribution is 7.89. The third-order valence-electron chi connectivity index (χ3n) is 9.38. The Morgan fingerprint density at radius 2 is 1.50 bits per heavy atom. The predicted molar refractivity (Wildman–Crippen MR) is 172 cm³/mol. The summed E-state index contributed by atoms with van der Waals surface area (Å²) in [6.45, 7) is 15.5. The number of hydrogen-bond donors (Lipinski definition) is 2. The number of benzene rings is 2. The van der Waals surface area contributed by atoms with E-state index in [1.54, 1.807) is 24.3 Å². The highest BCUT2D eigenvalue weighted by Gasteiger charge is 2.46. The lowest BCUT2D eigenvalue weighted by Gasteiger charge is -2.44. The lowest BCUT2D eigenvalue weighted by molar-refractivity contribution is -0.126. The molecule has 0 saturated heterocycles. The number of halogens is 2. The molecule has 1 aliphatic rings. The van der Waals surface area contributed by atoms with Crippen LogP contribution in [0, 0.1) is 11.7 Å². The van der Waals surface area contributed by atoms with Crippen LogP contribution in [0.4, 0.5) is 4.39 Å². The van der Waals surface area contributed by atoms with Gasteiger partial charge in [-0.2, -0.15) is 0 Å². The molecular weight excluding hydrogens is 589 g/mol. The lowest BCUT2D eigenvalue weighted by atomic mass is 9.85. The molecule has 1 saturated carbocycles. The summed E-state index contributed by atoms with van der Waals surface area (Å²) in [4.78, 5) is 13.1. The number of sulfonamides is 1. The van der Waals surface area contributed by atoms with Gasteiger partial charge in [0, 0.05) is 29.1 Å². The van der Waals surface area contributed by atoms with Gasteiger partial charge in [0.15, 0.2) is 8.24 Å². The SMILES string of the molecule is CC(C)[Si](C(C)C)(C(C)C)n1cc(Cl)c2ccc(S(=O)(=O)NC3CCC(C(=O)N[C@H](C)c4ccc(F)cc4)CC3)cc21. The molecule has 230 valence electrons. The Labute approximate surface area is 256 Å². The Balaban J connectivity index is 1.48. The molecule has 0 radical (unpaired) electrons. The summed E-state index contributed by atoms with van der Waals surface area (Å²) in [6.07, 6.45) is 4.37. The van der Waals surface area contributed by atoms with Crippen LogP contribution >= 0.6 is 11.6 Å². The maximum atomic E-state index is 13.6.